The molecule has 0 saturated heterocycles. The number of carbonyl (C=O) groups is 2. The molecule has 0 amide bonds. The molecule has 0 saturated carbocycles. The van der Waals surface area contributed by atoms with Crippen molar-refractivity contribution in [1.82, 2.24) is 29.1 Å². The van der Waals surface area contributed by atoms with Crippen molar-refractivity contribution in [3.8, 4) is 45.0 Å². The van der Waals surface area contributed by atoms with Crippen LogP contribution in [0.1, 0.15) is 43.5 Å². The molecular weight excluding hydrogens is 890 g/mol. The Morgan fingerprint density at radius 2 is 0.823 bits per heavy atom. The number of rotatable bonds is 6. The van der Waals surface area contributed by atoms with E-state index in [1.54, 1.807) is 24.3 Å². The number of hydrogen-bond acceptors (Lipinski definition) is 6. The minimum absolute atomic E-state index is 0. The van der Waals surface area contributed by atoms with E-state index in [1.165, 1.54) is 14.2 Å². The van der Waals surface area contributed by atoms with Crippen LogP contribution in [0.5, 0.6) is 0 Å². The fourth-order valence-corrected chi connectivity index (χ4v) is 7.80. The second kappa shape index (κ2) is 18.8. The van der Waals surface area contributed by atoms with Gasteiger partial charge in [0.2, 0.25) is 0 Å². The Labute approximate surface area is 386 Å². The maximum atomic E-state index is 12.4. The predicted octanol–water partition coefficient (Wildman–Crippen LogP) is -2.51. The van der Waals surface area contributed by atoms with Crippen molar-refractivity contribution in [2.45, 2.75) is 0 Å². The fourth-order valence-electron chi connectivity index (χ4n) is 7.80. The van der Waals surface area contributed by atoms with Crippen LogP contribution in [-0.2, 0) is 54.7 Å². The average molecular weight is 928 g/mol. The normalized spacial score (nSPS) is 11.2. The van der Waals surface area contributed by atoms with Crippen molar-refractivity contribution in [2.24, 2.45) is 28.2 Å². The van der Waals surface area contributed by atoms with E-state index in [1.807, 2.05) is 126 Å². The quantitative estimate of drug-likeness (QED) is 0.102. The zero-order chi connectivity index (χ0) is 40.2. The molecule has 0 N–H and O–H groups in total. The van der Waals surface area contributed by atoms with Gasteiger partial charge in [0, 0.05) is 0 Å². The number of esters is 2. The van der Waals surface area contributed by atoms with E-state index < -0.39 is 11.9 Å². The zero-order valence-electron chi connectivity index (χ0n) is 34.3. The van der Waals surface area contributed by atoms with E-state index in [2.05, 4.69) is 18.3 Å². The van der Waals surface area contributed by atoms with E-state index in [-0.39, 0.29) is 54.3 Å². The number of aromatic nitrogens is 8. The van der Waals surface area contributed by atoms with E-state index >= 15 is 0 Å². The Balaban J connectivity index is 0.00000181. The number of hydrogen-bond donors (Lipinski definition) is 0. The summed E-state index contributed by atoms with van der Waals surface area (Å²) < 4.78 is 18.2. The molecule has 7 heterocycles. The maximum Gasteiger partial charge on any atom is 3.00 e. The number of nitrogens with zero attached hydrogens (tertiary/aromatic N) is 8. The molecule has 12 nitrogen and oxygen atoms in total. The minimum atomic E-state index is -0.414. The molecule has 0 atom stereocenters. The summed E-state index contributed by atoms with van der Waals surface area (Å²) in [6.07, 6.45) is 16.0. The largest absolute Gasteiger partial charge is 3.00 e. The number of fused-ring (bicyclic) bond motifs is 8. The van der Waals surface area contributed by atoms with Gasteiger partial charge in [-0.05, 0) is 70.8 Å². The van der Waals surface area contributed by atoms with Crippen LogP contribution in [0.15, 0.2) is 97.6 Å². The molecule has 16 heteroatoms. The monoisotopic (exact) mass is 926 g/mol. The molecule has 0 radical (unpaired) electrons. The van der Waals surface area contributed by atoms with Gasteiger partial charge >= 0.3 is 29.0 Å². The van der Waals surface area contributed by atoms with E-state index in [0.29, 0.717) is 33.5 Å². The van der Waals surface area contributed by atoms with Gasteiger partial charge in [0.05, 0.1) is 87.4 Å². The molecule has 7 aromatic rings. The van der Waals surface area contributed by atoms with Gasteiger partial charge in [-0.25, -0.2) is 37.8 Å². The molecular formula is C46H38Cl3MnN8O4. The van der Waals surface area contributed by atoms with Gasteiger partial charge in [-0.15, -0.1) is 22.1 Å². The Morgan fingerprint density at radius 3 is 1.11 bits per heavy atom. The molecule has 2 aromatic carbocycles. The number of aryl methyl sites for hydroxylation is 4. The van der Waals surface area contributed by atoms with Gasteiger partial charge < -0.3 is 56.7 Å². The first-order chi connectivity index (χ1) is 28.1. The summed E-state index contributed by atoms with van der Waals surface area (Å²) in [6, 6.07) is 22.7. The van der Waals surface area contributed by atoms with Crippen LogP contribution >= 0.6 is 0 Å². The number of halogens is 3. The van der Waals surface area contributed by atoms with Crippen molar-refractivity contribution in [1.29, 1.82) is 0 Å². The molecule has 0 unspecified atom stereocenters. The van der Waals surface area contributed by atoms with Crippen LogP contribution in [0.25, 0.3) is 91.4 Å². The maximum absolute atomic E-state index is 12.4. The van der Waals surface area contributed by atoms with Crippen molar-refractivity contribution >= 4 is 58.3 Å². The average Bonchev–Trinajstić information content (AvgIpc) is 4.12. The predicted molar refractivity (Wildman–Crippen MR) is 222 cm³/mol. The Bertz CT molecular complexity index is 2830. The van der Waals surface area contributed by atoms with Gasteiger partial charge in [0.25, 0.3) is 11.6 Å². The number of carbonyl (C=O) groups excluding carboxylic acids is 2. The summed E-state index contributed by atoms with van der Waals surface area (Å²) in [5.41, 5.74) is 11.5. The summed E-state index contributed by atoms with van der Waals surface area (Å²) in [7, 11) is 10.8. The molecule has 0 aliphatic carbocycles. The molecule has 9 rings (SSSR count). The molecule has 0 fully saturated rings. The summed E-state index contributed by atoms with van der Waals surface area (Å²) in [5, 5.41) is 0. The summed E-state index contributed by atoms with van der Waals surface area (Å²) in [4.78, 5) is 46.2. The zero-order valence-corrected chi connectivity index (χ0v) is 37.7. The van der Waals surface area contributed by atoms with Crippen LogP contribution in [0, 0.1) is 0 Å². The minimum Gasteiger partial charge on any atom is -1.00 e. The fraction of sp³-hybridized carbons (Fsp3) is 0.130. The second-order valence-corrected chi connectivity index (χ2v) is 14.2. The first kappa shape index (κ1) is 46.8. The number of benzene rings is 2. The number of ether oxygens (including phenoxy) is 2. The third-order valence-corrected chi connectivity index (χ3v) is 10.6. The van der Waals surface area contributed by atoms with Crippen LogP contribution in [0.4, 0.5) is 0 Å². The summed E-state index contributed by atoms with van der Waals surface area (Å²) >= 11 is 0. The number of imidazole rings is 2. The SMILES string of the molecule is COC(=O)c1ccc(-c2c3nc(c(-c4n(C)cc[n+]4C)c4ccc([n-]4)c(-c4ccc(C(=O)OC)cc4)c4nc(c(-c5n(C)cc[n+]5C)c5ccc2[n-]5)C=C4)C=C3)cc1.[Cl-].[Cl-].[Cl-].[Mn+3]. The molecule has 2 aliphatic heterocycles. The summed E-state index contributed by atoms with van der Waals surface area (Å²) in [6.45, 7) is 0. The summed E-state index contributed by atoms with van der Waals surface area (Å²) in [5.74, 6) is 0.979. The van der Waals surface area contributed by atoms with E-state index in [0.717, 1.165) is 67.5 Å². The van der Waals surface area contributed by atoms with Crippen LogP contribution < -0.4 is 56.3 Å². The van der Waals surface area contributed by atoms with Gasteiger partial charge in [-0.2, -0.15) is 0 Å². The van der Waals surface area contributed by atoms with Crippen LogP contribution in [-0.4, -0.2) is 45.3 Å². The van der Waals surface area contributed by atoms with Crippen molar-refractivity contribution in [3.63, 3.8) is 0 Å². The van der Waals surface area contributed by atoms with Gasteiger partial charge in [-0.1, -0.05) is 48.5 Å². The van der Waals surface area contributed by atoms with E-state index in [9.17, 15) is 9.59 Å². The topological polar surface area (TPSA) is 124 Å². The van der Waals surface area contributed by atoms with Crippen LogP contribution in [0.3, 0.4) is 0 Å². The van der Waals surface area contributed by atoms with Crippen molar-refractivity contribution in [3.05, 3.63) is 131 Å². The Hall–Kier alpha value is -6.21. The second-order valence-electron chi connectivity index (χ2n) is 14.2. The van der Waals surface area contributed by atoms with Gasteiger partial charge in [0.1, 0.15) is 24.8 Å². The molecule has 0 spiro atoms. The van der Waals surface area contributed by atoms with Crippen molar-refractivity contribution in [2.75, 3.05) is 14.2 Å². The van der Waals surface area contributed by atoms with Crippen molar-refractivity contribution < 1.29 is 82.5 Å². The van der Waals surface area contributed by atoms with Gasteiger partial charge in [-0.3, -0.25) is 0 Å². The molecule has 5 aromatic heterocycles. The Kier molecular flexibility index (Phi) is 14.2. The third kappa shape index (κ3) is 8.13. The molecule has 62 heavy (non-hydrogen) atoms. The number of methoxy groups -OCH3 is 2. The van der Waals surface area contributed by atoms with Crippen LogP contribution in [0.2, 0.25) is 0 Å². The standard InChI is InChI=1S/C46H38N8O4.3ClH.Mn/c1-51-23-24-52(2)43(51)41-35-19-15-31(47-35)39(27-7-11-29(12-8-27)45(55)57-5)33-17-21-37(49-33)42(44-53(3)25-26-54(44)4)38-22-18-34(50-38)40(32-16-20-36(41)48-32)28-9-13-30(14-10-28)46(56)58-6;;;;/h7-26H,1-6H3;3*1H;/q;;;;+3/p-3. The smallest absolute Gasteiger partial charge is 1.00 e. The third-order valence-electron chi connectivity index (χ3n) is 10.6. The van der Waals surface area contributed by atoms with Gasteiger partial charge in [0.15, 0.2) is 0 Å². The molecule has 8 bridgehead atoms. The molecule has 314 valence electrons. The first-order valence-corrected chi connectivity index (χ1v) is 18.6. The first-order valence-electron chi connectivity index (χ1n) is 18.6. The van der Waals surface area contributed by atoms with E-state index in [4.69, 9.17) is 29.4 Å². The Morgan fingerprint density at radius 1 is 0.516 bits per heavy atom. The molecule has 2 aliphatic rings.